The second-order valence-corrected chi connectivity index (χ2v) is 7.93. The quantitative estimate of drug-likeness (QED) is 0.620. The maximum atomic E-state index is 12.6. The summed E-state index contributed by atoms with van der Waals surface area (Å²) < 4.78 is 5.72. The molecule has 2 aromatic heterocycles. The summed E-state index contributed by atoms with van der Waals surface area (Å²) >= 11 is 1.48. The average molecular weight is 412 g/mol. The summed E-state index contributed by atoms with van der Waals surface area (Å²) in [5.41, 5.74) is 2.23. The van der Waals surface area contributed by atoms with E-state index in [1.807, 2.05) is 0 Å². The van der Waals surface area contributed by atoms with Gasteiger partial charge >= 0.3 is 5.97 Å². The minimum absolute atomic E-state index is 0.164. The molecule has 29 heavy (non-hydrogen) atoms. The summed E-state index contributed by atoms with van der Waals surface area (Å²) in [7, 11) is 1.29. The second-order valence-electron chi connectivity index (χ2n) is 6.93. The predicted octanol–water partition coefficient (Wildman–Crippen LogP) is 2.47. The number of nitrogens with zero attached hydrogens (tertiary/aromatic N) is 3. The third kappa shape index (κ3) is 3.79. The summed E-state index contributed by atoms with van der Waals surface area (Å²) in [6.45, 7) is 3.47. The van der Waals surface area contributed by atoms with E-state index in [4.69, 9.17) is 4.74 Å². The molecule has 0 unspecified atom stereocenters. The fourth-order valence-corrected chi connectivity index (χ4v) is 4.18. The minimum Gasteiger partial charge on any atom is -0.465 e. The number of thiazole rings is 1. The number of benzene rings is 1. The van der Waals surface area contributed by atoms with Crippen LogP contribution in [0.25, 0.3) is 10.2 Å². The van der Waals surface area contributed by atoms with Crippen LogP contribution in [0.15, 0.2) is 30.3 Å². The van der Waals surface area contributed by atoms with Crippen molar-refractivity contribution in [3.63, 3.8) is 0 Å². The lowest BCUT2D eigenvalue weighted by Crippen LogP contribution is -2.48. The van der Waals surface area contributed by atoms with Crippen LogP contribution < -0.4 is 10.2 Å². The Labute approximate surface area is 171 Å². The SMILES string of the molecule is COC(=O)c1cc2nc(N3CC(CO)C3)sc2cc1NC(=O)c1cccc(C)n1. The number of anilines is 2. The Kier molecular flexibility index (Phi) is 5.16. The van der Waals surface area contributed by atoms with Crippen LogP contribution in [0.3, 0.4) is 0 Å². The van der Waals surface area contributed by atoms with Crippen LogP contribution in [0.4, 0.5) is 10.8 Å². The van der Waals surface area contributed by atoms with Crippen LogP contribution in [0.2, 0.25) is 0 Å². The molecule has 0 aliphatic carbocycles. The molecule has 0 bridgehead atoms. The Bertz CT molecular complexity index is 1090. The van der Waals surface area contributed by atoms with Gasteiger partial charge in [-0.15, -0.1) is 0 Å². The van der Waals surface area contributed by atoms with E-state index in [1.54, 1.807) is 37.3 Å². The molecule has 1 saturated heterocycles. The summed E-state index contributed by atoms with van der Waals surface area (Å²) in [5, 5.41) is 12.8. The van der Waals surface area contributed by atoms with Crippen molar-refractivity contribution in [2.24, 2.45) is 5.92 Å². The van der Waals surface area contributed by atoms with Gasteiger partial charge in [0.1, 0.15) is 5.69 Å². The fraction of sp³-hybridized carbons (Fsp3) is 0.300. The van der Waals surface area contributed by atoms with Gasteiger partial charge in [-0.05, 0) is 31.2 Å². The molecule has 0 spiro atoms. The number of amides is 1. The molecule has 4 rings (SSSR count). The fourth-order valence-electron chi connectivity index (χ4n) is 3.18. The molecule has 0 saturated carbocycles. The third-order valence-corrected chi connectivity index (χ3v) is 5.86. The smallest absolute Gasteiger partial charge is 0.340 e. The highest BCUT2D eigenvalue weighted by molar-refractivity contribution is 7.22. The van der Waals surface area contributed by atoms with Gasteiger partial charge in [-0.3, -0.25) is 4.79 Å². The molecule has 8 nitrogen and oxygen atoms in total. The van der Waals surface area contributed by atoms with E-state index in [-0.39, 0.29) is 23.8 Å². The first-order valence-corrected chi connectivity index (χ1v) is 9.94. The van der Waals surface area contributed by atoms with Crippen molar-refractivity contribution in [1.29, 1.82) is 0 Å². The van der Waals surface area contributed by atoms with Gasteiger partial charge in [0.2, 0.25) is 0 Å². The first kappa shape index (κ1) is 19.3. The number of ether oxygens (including phenoxy) is 1. The van der Waals surface area contributed by atoms with Gasteiger partial charge in [0.25, 0.3) is 5.91 Å². The third-order valence-electron chi connectivity index (χ3n) is 4.78. The number of aliphatic hydroxyl groups excluding tert-OH is 1. The van der Waals surface area contributed by atoms with Crippen molar-refractivity contribution in [2.75, 3.05) is 37.0 Å². The molecule has 3 heterocycles. The highest BCUT2D eigenvalue weighted by Gasteiger charge is 2.29. The van der Waals surface area contributed by atoms with E-state index >= 15 is 0 Å². The van der Waals surface area contributed by atoms with Gasteiger partial charge in [0, 0.05) is 31.3 Å². The lowest BCUT2D eigenvalue weighted by atomic mass is 10.0. The Hall–Kier alpha value is -3.04. The average Bonchev–Trinajstić information content (AvgIpc) is 3.08. The number of carbonyl (C=O) groups excluding carboxylic acids is 2. The maximum absolute atomic E-state index is 12.6. The van der Waals surface area contributed by atoms with Crippen LogP contribution >= 0.6 is 11.3 Å². The van der Waals surface area contributed by atoms with E-state index in [1.165, 1.54) is 18.4 Å². The van der Waals surface area contributed by atoms with Crippen molar-refractivity contribution >= 4 is 44.2 Å². The number of pyridine rings is 1. The topological polar surface area (TPSA) is 105 Å². The summed E-state index contributed by atoms with van der Waals surface area (Å²) in [6.07, 6.45) is 0. The number of aryl methyl sites for hydroxylation is 1. The summed E-state index contributed by atoms with van der Waals surface area (Å²) in [4.78, 5) is 35.8. The van der Waals surface area contributed by atoms with Gasteiger partial charge in [0.15, 0.2) is 5.13 Å². The van der Waals surface area contributed by atoms with Gasteiger partial charge < -0.3 is 20.1 Å². The number of aliphatic hydroxyl groups is 1. The molecule has 1 aliphatic rings. The van der Waals surface area contributed by atoms with Crippen LogP contribution in [0.1, 0.15) is 26.5 Å². The number of hydrogen-bond donors (Lipinski definition) is 2. The highest BCUT2D eigenvalue weighted by atomic mass is 32.1. The van der Waals surface area contributed by atoms with E-state index in [0.29, 0.717) is 11.2 Å². The number of methoxy groups -OCH3 is 1. The lowest BCUT2D eigenvalue weighted by Gasteiger charge is -2.37. The van der Waals surface area contributed by atoms with Crippen LogP contribution in [0, 0.1) is 12.8 Å². The van der Waals surface area contributed by atoms with E-state index in [9.17, 15) is 14.7 Å². The minimum atomic E-state index is -0.557. The van der Waals surface area contributed by atoms with E-state index < -0.39 is 11.9 Å². The first-order valence-electron chi connectivity index (χ1n) is 9.12. The number of rotatable bonds is 5. The zero-order chi connectivity index (χ0) is 20.5. The number of nitrogens with one attached hydrogen (secondary N) is 1. The first-order chi connectivity index (χ1) is 14.0. The largest absolute Gasteiger partial charge is 0.465 e. The molecule has 9 heteroatoms. The monoisotopic (exact) mass is 412 g/mol. The number of hydrogen-bond acceptors (Lipinski definition) is 8. The normalized spacial score (nSPS) is 14.0. The van der Waals surface area contributed by atoms with Crippen molar-refractivity contribution in [2.45, 2.75) is 6.92 Å². The van der Waals surface area contributed by atoms with Gasteiger partial charge in [-0.2, -0.15) is 0 Å². The molecule has 150 valence electrons. The van der Waals surface area contributed by atoms with E-state index in [0.717, 1.165) is 28.6 Å². The molecule has 0 atom stereocenters. The standard InChI is InChI=1S/C20H20N4O4S/c1-11-4-3-5-14(21-11)18(26)22-15-7-17-16(6-13(15)19(27)28-2)23-20(29-17)24-8-12(9-24)10-25/h3-7,12,25H,8-10H2,1-2H3,(H,22,26). The van der Waals surface area contributed by atoms with Crippen LogP contribution in [-0.2, 0) is 4.74 Å². The van der Waals surface area contributed by atoms with Crippen LogP contribution in [-0.4, -0.2) is 53.8 Å². The van der Waals surface area contributed by atoms with Gasteiger partial charge in [0.05, 0.1) is 28.6 Å². The Balaban J connectivity index is 1.67. The molecule has 1 aliphatic heterocycles. The maximum Gasteiger partial charge on any atom is 0.340 e. The van der Waals surface area contributed by atoms with Crippen molar-refractivity contribution in [1.82, 2.24) is 9.97 Å². The molecule has 1 fully saturated rings. The highest BCUT2D eigenvalue weighted by Crippen LogP contribution is 2.35. The predicted molar refractivity (Wildman–Crippen MR) is 111 cm³/mol. The lowest BCUT2D eigenvalue weighted by molar-refractivity contribution is 0.0602. The molecule has 3 aromatic rings. The zero-order valence-electron chi connectivity index (χ0n) is 16.0. The summed E-state index contributed by atoms with van der Waals surface area (Å²) in [6, 6.07) is 8.54. The molecule has 0 radical (unpaired) electrons. The molecule has 2 N–H and O–H groups in total. The number of aromatic nitrogens is 2. The molecular weight excluding hydrogens is 392 g/mol. The van der Waals surface area contributed by atoms with Crippen molar-refractivity contribution in [3.8, 4) is 0 Å². The molecular formula is C20H20N4O4S. The van der Waals surface area contributed by atoms with Crippen LogP contribution in [0.5, 0.6) is 0 Å². The number of carbonyl (C=O) groups is 2. The van der Waals surface area contributed by atoms with Gasteiger partial charge in [-0.1, -0.05) is 17.4 Å². The summed E-state index contributed by atoms with van der Waals surface area (Å²) in [5.74, 6) is -0.695. The Morgan fingerprint density at radius 3 is 2.79 bits per heavy atom. The van der Waals surface area contributed by atoms with E-state index in [2.05, 4.69) is 20.2 Å². The van der Waals surface area contributed by atoms with Crippen molar-refractivity contribution < 1.29 is 19.4 Å². The molecule has 1 aromatic carbocycles. The Morgan fingerprint density at radius 1 is 1.31 bits per heavy atom. The van der Waals surface area contributed by atoms with Crippen molar-refractivity contribution in [3.05, 3.63) is 47.3 Å². The Morgan fingerprint density at radius 2 is 2.10 bits per heavy atom. The van der Waals surface area contributed by atoms with Gasteiger partial charge in [-0.25, -0.2) is 14.8 Å². The number of fused-ring (bicyclic) bond motifs is 1. The molecule has 1 amide bonds. The second kappa shape index (κ2) is 7.76. The zero-order valence-corrected chi connectivity index (χ0v) is 16.8. The number of esters is 1.